The molecule has 1 aliphatic rings. The summed E-state index contributed by atoms with van der Waals surface area (Å²) < 4.78 is 13.9. The summed E-state index contributed by atoms with van der Waals surface area (Å²) >= 11 is 3.26. The van der Waals surface area contributed by atoms with Crippen molar-refractivity contribution in [3.05, 3.63) is 22.2 Å². The maximum Gasteiger partial charge on any atom is 0.126 e. The van der Waals surface area contributed by atoms with Gasteiger partial charge in [-0.3, -0.25) is 0 Å². The lowest BCUT2D eigenvalue weighted by molar-refractivity contribution is 0.374. The highest BCUT2D eigenvalue weighted by atomic mass is 79.9. The van der Waals surface area contributed by atoms with Crippen molar-refractivity contribution in [3.63, 3.8) is 0 Å². The lowest BCUT2D eigenvalue weighted by atomic mass is 10.0. The number of halogens is 2. The summed E-state index contributed by atoms with van der Waals surface area (Å²) in [6.45, 7) is 1.98. The Labute approximate surface area is 68.9 Å². The van der Waals surface area contributed by atoms with Gasteiger partial charge >= 0.3 is 0 Å². The molecule has 1 rings (SSSR count). The Bertz CT molecular complexity index is 182. The van der Waals surface area contributed by atoms with Gasteiger partial charge in [0.25, 0.3) is 0 Å². The quantitative estimate of drug-likeness (QED) is 0.615. The molecule has 0 nitrogen and oxygen atoms in total. The Kier molecular flexibility index (Phi) is 2.66. The van der Waals surface area contributed by atoms with Crippen LogP contribution < -0.4 is 0 Å². The Balaban J connectivity index is 2.71. The van der Waals surface area contributed by atoms with Gasteiger partial charge < -0.3 is 0 Å². The monoisotopic (exact) mass is 204 g/mol. The van der Waals surface area contributed by atoms with E-state index < -0.39 is 6.17 Å². The van der Waals surface area contributed by atoms with Crippen LogP contribution >= 0.6 is 15.9 Å². The molecule has 1 atom stereocenters. The van der Waals surface area contributed by atoms with E-state index in [0.29, 0.717) is 6.42 Å². The summed E-state index contributed by atoms with van der Waals surface area (Å²) in [5.41, 5.74) is 0.906. The van der Waals surface area contributed by atoms with E-state index in [2.05, 4.69) is 15.9 Å². The van der Waals surface area contributed by atoms with E-state index in [1.165, 1.54) is 0 Å². The molecule has 0 aromatic carbocycles. The molecule has 0 saturated carbocycles. The Morgan fingerprint density at radius 2 is 2.40 bits per heavy atom. The minimum Gasteiger partial charge on any atom is -0.242 e. The van der Waals surface area contributed by atoms with E-state index in [-0.39, 0.29) is 0 Å². The lowest BCUT2D eigenvalue weighted by Crippen LogP contribution is -2.06. The van der Waals surface area contributed by atoms with Gasteiger partial charge in [-0.25, -0.2) is 4.39 Å². The standard InChI is InChI=1S/C8H10BrF/c1-2-6-3-4-7(9)5-8(6)10/h3-4,8H,2,5H2,1H3. The molecule has 0 saturated heterocycles. The van der Waals surface area contributed by atoms with Crippen LogP contribution in [0.3, 0.4) is 0 Å². The maximum absolute atomic E-state index is 13.0. The molecular formula is C8H10BrF. The van der Waals surface area contributed by atoms with Crippen LogP contribution in [0.2, 0.25) is 0 Å². The van der Waals surface area contributed by atoms with Crippen LogP contribution in [0.5, 0.6) is 0 Å². The van der Waals surface area contributed by atoms with Crippen LogP contribution in [0.4, 0.5) is 4.39 Å². The summed E-state index contributed by atoms with van der Waals surface area (Å²) in [6, 6.07) is 0. The van der Waals surface area contributed by atoms with Crippen molar-refractivity contribution in [3.8, 4) is 0 Å². The average molecular weight is 205 g/mol. The number of hydrogen-bond donors (Lipinski definition) is 0. The van der Waals surface area contributed by atoms with Gasteiger partial charge in [-0.05, 0) is 16.5 Å². The normalized spacial score (nSPS) is 25.7. The highest BCUT2D eigenvalue weighted by Crippen LogP contribution is 2.26. The second-order valence-corrected chi connectivity index (χ2v) is 3.40. The Hall–Kier alpha value is -0.110. The van der Waals surface area contributed by atoms with Gasteiger partial charge in [-0.2, -0.15) is 0 Å². The molecule has 1 aliphatic carbocycles. The van der Waals surface area contributed by atoms with Crippen molar-refractivity contribution in [2.75, 3.05) is 0 Å². The fourth-order valence-electron chi connectivity index (χ4n) is 1.01. The summed E-state index contributed by atoms with van der Waals surface area (Å²) in [5.74, 6) is 0. The highest BCUT2D eigenvalue weighted by molar-refractivity contribution is 9.11. The average Bonchev–Trinajstić information content (AvgIpc) is 1.88. The van der Waals surface area contributed by atoms with Gasteiger partial charge in [0.2, 0.25) is 0 Å². The van der Waals surface area contributed by atoms with E-state index in [9.17, 15) is 4.39 Å². The fourth-order valence-corrected chi connectivity index (χ4v) is 1.43. The molecule has 0 bridgehead atoms. The van der Waals surface area contributed by atoms with Gasteiger partial charge in [0.1, 0.15) is 6.17 Å². The molecule has 0 aromatic rings. The molecule has 10 heavy (non-hydrogen) atoms. The van der Waals surface area contributed by atoms with E-state index in [4.69, 9.17) is 0 Å². The summed E-state index contributed by atoms with van der Waals surface area (Å²) in [5, 5.41) is 0. The van der Waals surface area contributed by atoms with E-state index >= 15 is 0 Å². The first-order valence-corrected chi connectivity index (χ1v) is 4.22. The van der Waals surface area contributed by atoms with Gasteiger partial charge in [-0.1, -0.05) is 35.0 Å². The smallest absolute Gasteiger partial charge is 0.126 e. The molecule has 0 radical (unpaired) electrons. The van der Waals surface area contributed by atoms with Crippen molar-refractivity contribution >= 4 is 15.9 Å². The van der Waals surface area contributed by atoms with Crippen molar-refractivity contribution in [1.29, 1.82) is 0 Å². The molecule has 0 aliphatic heterocycles. The largest absolute Gasteiger partial charge is 0.242 e. The molecule has 0 N–H and O–H groups in total. The first-order chi connectivity index (χ1) is 4.74. The lowest BCUT2D eigenvalue weighted by Gasteiger charge is -2.13. The predicted octanol–water partition coefficient (Wildman–Crippen LogP) is 3.34. The van der Waals surface area contributed by atoms with E-state index in [1.807, 2.05) is 19.1 Å². The third kappa shape index (κ3) is 1.69. The van der Waals surface area contributed by atoms with E-state index in [1.54, 1.807) is 0 Å². The zero-order valence-electron chi connectivity index (χ0n) is 5.90. The van der Waals surface area contributed by atoms with Crippen molar-refractivity contribution in [2.45, 2.75) is 25.9 Å². The Morgan fingerprint density at radius 3 is 2.90 bits per heavy atom. The third-order valence-corrected chi connectivity index (χ3v) is 2.25. The second kappa shape index (κ2) is 3.33. The van der Waals surface area contributed by atoms with Crippen LogP contribution in [0.15, 0.2) is 22.2 Å². The second-order valence-electron chi connectivity index (χ2n) is 2.38. The highest BCUT2D eigenvalue weighted by Gasteiger charge is 2.14. The third-order valence-electron chi connectivity index (χ3n) is 1.66. The molecule has 0 aromatic heterocycles. The zero-order chi connectivity index (χ0) is 7.56. The fraction of sp³-hybridized carbons (Fsp3) is 0.500. The SMILES string of the molecule is CCC1=CC=C(Br)CC1F. The van der Waals surface area contributed by atoms with Crippen molar-refractivity contribution in [1.82, 2.24) is 0 Å². The minimum absolute atomic E-state index is 0.514. The Morgan fingerprint density at radius 1 is 1.70 bits per heavy atom. The molecule has 56 valence electrons. The summed E-state index contributed by atoms with van der Waals surface area (Å²) in [7, 11) is 0. The number of alkyl halides is 1. The zero-order valence-corrected chi connectivity index (χ0v) is 7.49. The molecule has 0 amide bonds. The number of rotatable bonds is 1. The minimum atomic E-state index is -0.760. The van der Waals surface area contributed by atoms with Crippen molar-refractivity contribution in [2.24, 2.45) is 0 Å². The van der Waals surface area contributed by atoms with Crippen LogP contribution in [0.25, 0.3) is 0 Å². The summed E-state index contributed by atoms with van der Waals surface area (Å²) in [6.07, 6.45) is 4.36. The molecule has 0 spiro atoms. The van der Waals surface area contributed by atoms with E-state index in [0.717, 1.165) is 16.5 Å². The van der Waals surface area contributed by atoms with Gasteiger partial charge in [-0.15, -0.1) is 0 Å². The molecule has 1 unspecified atom stereocenters. The molecular weight excluding hydrogens is 195 g/mol. The number of allylic oxidation sites excluding steroid dienone is 4. The molecule has 2 heteroatoms. The van der Waals surface area contributed by atoms with Crippen LogP contribution in [0.1, 0.15) is 19.8 Å². The van der Waals surface area contributed by atoms with Crippen LogP contribution in [-0.4, -0.2) is 6.17 Å². The van der Waals surface area contributed by atoms with Crippen molar-refractivity contribution < 1.29 is 4.39 Å². The topological polar surface area (TPSA) is 0 Å². The van der Waals surface area contributed by atoms with Gasteiger partial charge in [0.05, 0.1) is 0 Å². The first kappa shape index (κ1) is 7.99. The van der Waals surface area contributed by atoms with Crippen LogP contribution in [0, 0.1) is 0 Å². The summed E-state index contributed by atoms with van der Waals surface area (Å²) in [4.78, 5) is 0. The maximum atomic E-state index is 13.0. The number of hydrogen-bond acceptors (Lipinski definition) is 0. The molecule has 0 fully saturated rings. The first-order valence-electron chi connectivity index (χ1n) is 3.43. The molecule has 0 heterocycles. The van der Waals surface area contributed by atoms with Gasteiger partial charge in [0.15, 0.2) is 0 Å². The van der Waals surface area contributed by atoms with Gasteiger partial charge in [0, 0.05) is 6.42 Å². The van der Waals surface area contributed by atoms with Crippen LogP contribution in [-0.2, 0) is 0 Å². The predicted molar refractivity (Wildman–Crippen MR) is 44.9 cm³/mol.